The molecule has 1 rings (SSSR count). The molecule has 1 amide bonds. The maximum absolute atomic E-state index is 12.0. The number of nitrogens with zero attached hydrogens (tertiary/aromatic N) is 2. The molecule has 0 atom stereocenters. The number of rotatable bonds is 7. The average molecular weight is 333 g/mol. The number of nitrogens with one attached hydrogen (secondary N) is 1. The summed E-state index contributed by atoms with van der Waals surface area (Å²) in [4.78, 5) is 17.8. The maximum Gasteiger partial charge on any atom is 0.422 e. The normalized spacial score (nSPS) is 12.3. The van der Waals surface area contributed by atoms with Gasteiger partial charge in [0.15, 0.2) is 6.61 Å². The Balaban J connectivity index is 2.54. The fourth-order valence-corrected chi connectivity index (χ4v) is 2.09. The summed E-state index contributed by atoms with van der Waals surface area (Å²) in [5.74, 6) is -0.501. The van der Waals surface area contributed by atoms with Crippen LogP contribution >= 0.6 is 0 Å². The van der Waals surface area contributed by atoms with Crippen LogP contribution in [0.2, 0.25) is 0 Å². The third-order valence-electron chi connectivity index (χ3n) is 2.85. The monoisotopic (exact) mass is 333 g/mol. The molecular weight excluding hydrogens is 311 g/mol. The number of hydrogen-bond donors (Lipinski definition) is 1. The van der Waals surface area contributed by atoms with Gasteiger partial charge in [-0.05, 0) is 25.6 Å². The van der Waals surface area contributed by atoms with Gasteiger partial charge in [-0.25, -0.2) is 4.98 Å². The van der Waals surface area contributed by atoms with Crippen molar-refractivity contribution in [3.63, 3.8) is 0 Å². The van der Waals surface area contributed by atoms with Crippen molar-refractivity contribution in [2.75, 3.05) is 33.8 Å². The molecule has 0 aliphatic heterocycles. The standard InChI is InChI=1S/C15H22F3N3O2/c1-14(2,9-21(3)4)8-20-13(22)11-5-6-12(19-7-11)23-10-15(16,17)18/h5-7H,8-10H2,1-4H3,(H,20,22). The van der Waals surface area contributed by atoms with Crippen LogP contribution < -0.4 is 10.1 Å². The number of alkyl halides is 3. The Morgan fingerprint density at radius 3 is 2.43 bits per heavy atom. The van der Waals surface area contributed by atoms with Crippen LogP contribution in [0.4, 0.5) is 13.2 Å². The fraction of sp³-hybridized carbons (Fsp3) is 0.600. The molecule has 0 bridgehead atoms. The van der Waals surface area contributed by atoms with E-state index in [0.717, 1.165) is 6.54 Å². The third-order valence-corrected chi connectivity index (χ3v) is 2.85. The van der Waals surface area contributed by atoms with E-state index in [1.807, 2.05) is 32.8 Å². The van der Waals surface area contributed by atoms with Gasteiger partial charge in [-0.15, -0.1) is 0 Å². The number of halogens is 3. The van der Waals surface area contributed by atoms with Gasteiger partial charge < -0.3 is 15.0 Å². The van der Waals surface area contributed by atoms with Gasteiger partial charge in [0, 0.05) is 25.4 Å². The number of carbonyl (C=O) groups excluding carboxylic acids is 1. The van der Waals surface area contributed by atoms with E-state index in [1.165, 1.54) is 18.3 Å². The Morgan fingerprint density at radius 2 is 1.96 bits per heavy atom. The predicted octanol–water partition coefficient (Wildman–Crippen LogP) is 2.34. The van der Waals surface area contributed by atoms with E-state index in [1.54, 1.807) is 0 Å². The molecule has 130 valence electrons. The Morgan fingerprint density at radius 1 is 1.30 bits per heavy atom. The molecule has 0 unspecified atom stereocenters. The summed E-state index contributed by atoms with van der Waals surface area (Å²) >= 11 is 0. The molecular formula is C15H22F3N3O2. The second-order valence-corrected chi connectivity index (χ2v) is 6.37. The summed E-state index contributed by atoms with van der Waals surface area (Å²) in [5, 5.41) is 2.79. The Bertz CT molecular complexity index is 514. The zero-order valence-corrected chi connectivity index (χ0v) is 13.7. The van der Waals surface area contributed by atoms with Gasteiger partial charge in [-0.3, -0.25) is 4.79 Å². The van der Waals surface area contributed by atoms with E-state index >= 15 is 0 Å². The van der Waals surface area contributed by atoms with Crippen molar-refractivity contribution < 1.29 is 22.7 Å². The summed E-state index contributed by atoms with van der Waals surface area (Å²) in [6, 6.07) is 2.62. The van der Waals surface area contributed by atoms with Crippen LogP contribution in [0.3, 0.4) is 0 Å². The maximum atomic E-state index is 12.0. The molecule has 0 fully saturated rings. The van der Waals surface area contributed by atoms with Crippen molar-refractivity contribution in [2.45, 2.75) is 20.0 Å². The molecule has 5 nitrogen and oxygen atoms in total. The van der Waals surface area contributed by atoms with Crippen LogP contribution in [0.25, 0.3) is 0 Å². The summed E-state index contributed by atoms with van der Waals surface area (Å²) in [6.07, 6.45) is -3.23. The van der Waals surface area contributed by atoms with Gasteiger partial charge in [-0.1, -0.05) is 13.8 Å². The molecule has 1 aromatic rings. The van der Waals surface area contributed by atoms with Crippen molar-refractivity contribution in [2.24, 2.45) is 5.41 Å². The Hall–Kier alpha value is -1.83. The van der Waals surface area contributed by atoms with Crippen molar-refractivity contribution >= 4 is 5.91 Å². The Labute approximate surface area is 133 Å². The molecule has 0 aromatic carbocycles. The molecule has 0 saturated carbocycles. The van der Waals surface area contributed by atoms with E-state index in [0.29, 0.717) is 6.54 Å². The van der Waals surface area contributed by atoms with Gasteiger partial charge in [-0.2, -0.15) is 13.2 Å². The summed E-state index contributed by atoms with van der Waals surface area (Å²) < 4.78 is 40.6. The van der Waals surface area contributed by atoms with Crippen LogP contribution in [0.15, 0.2) is 18.3 Å². The van der Waals surface area contributed by atoms with Crippen molar-refractivity contribution in [1.82, 2.24) is 15.2 Å². The number of pyridine rings is 1. The van der Waals surface area contributed by atoms with Crippen LogP contribution in [-0.4, -0.2) is 55.8 Å². The van der Waals surface area contributed by atoms with Gasteiger partial charge in [0.25, 0.3) is 5.91 Å². The lowest BCUT2D eigenvalue weighted by atomic mass is 9.93. The highest BCUT2D eigenvalue weighted by Gasteiger charge is 2.28. The number of ether oxygens (including phenoxy) is 1. The zero-order valence-electron chi connectivity index (χ0n) is 13.7. The van der Waals surface area contributed by atoms with Crippen LogP contribution in [-0.2, 0) is 0 Å². The second kappa shape index (κ2) is 7.63. The highest BCUT2D eigenvalue weighted by Crippen LogP contribution is 2.17. The molecule has 0 aliphatic carbocycles. The van der Waals surface area contributed by atoms with Crippen molar-refractivity contribution in [3.8, 4) is 5.88 Å². The smallest absolute Gasteiger partial charge is 0.422 e. The summed E-state index contributed by atoms with van der Waals surface area (Å²) in [5.41, 5.74) is 0.160. The van der Waals surface area contributed by atoms with Gasteiger partial charge in [0.1, 0.15) is 0 Å². The first-order valence-electron chi connectivity index (χ1n) is 7.07. The van der Waals surface area contributed by atoms with E-state index < -0.39 is 12.8 Å². The molecule has 0 spiro atoms. The second-order valence-electron chi connectivity index (χ2n) is 6.37. The lowest BCUT2D eigenvalue weighted by Gasteiger charge is -2.28. The predicted molar refractivity (Wildman–Crippen MR) is 80.5 cm³/mol. The summed E-state index contributed by atoms with van der Waals surface area (Å²) in [7, 11) is 3.90. The zero-order chi connectivity index (χ0) is 17.7. The van der Waals surface area contributed by atoms with E-state index in [2.05, 4.69) is 15.0 Å². The molecule has 0 saturated heterocycles. The number of hydrogen-bond acceptors (Lipinski definition) is 4. The number of aromatic nitrogens is 1. The van der Waals surface area contributed by atoms with Gasteiger partial charge >= 0.3 is 6.18 Å². The minimum Gasteiger partial charge on any atom is -0.468 e. The number of carbonyl (C=O) groups is 1. The third kappa shape index (κ3) is 7.83. The highest BCUT2D eigenvalue weighted by atomic mass is 19.4. The van der Waals surface area contributed by atoms with Crippen LogP contribution in [0.5, 0.6) is 5.88 Å². The molecule has 1 N–H and O–H groups in total. The lowest BCUT2D eigenvalue weighted by molar-refractivity contribution is -0.154. The average Bonchev–Trinajstić information content (AvgIpc) is 2.41. The molecule has 23 heavy (non-hydrogen) atoms. The SMILES string of the molecule is CN(C)CC(C)(C)CNC(=O)c1ccc(OCC(F)(F)F)nc1. The van der Waals surface area contributed by atoms with Crippen molar-refractivity contribution in [3.05, 3.63) is 23.9 Å². The molecule has 0 radical (unpaired) electrons. The minimum atomic E-state index is -4.42. The fourth-order valence-electron chi connectivity index (χ4n) is 2.09. The van der Waals surface area contributed by atoms with E-state index in [4.69, 9.17) is 0 Å². The largest absolute Gasteiger partial charge is 0.468 e. The quantitative estimate of drug-likeness (QED) is 0.832. The Kier molecular flexibility index (Phi) is 6.37. The minimum absolute atomic E-state index is 0.109. The van der Waals surface area contributed by atoms with E-state index in [9.17, 15) is 18.0 Å². The highest BCUT2D eigenvalue weighted by molar-refractivity contribution is 5.93. The molecule has 0 aliphatic rings. The first-order chi connectivity index (χ1) is 10.5. The molecule has 1 heterocycles. The lowest BCUT2D eigenvalue weighted by Crippen LogP contribution is -2.40. The van der Waals surface area contributed by atoms with E-state index in [-0.39, 0.29) is 22.8 Å². The topological polar surface area (TPSA) is 54.5 Å². The van der Waals surface area contributed by atoms with Crippen molar-refractivity contribution in [1.29, 1.82) is 0 Å². The molecule has 8 heteroatoms. The number of amides is 1. The van der Waals surface area contributed by atoms with Gasteiger partial charge in [0.05, 0.1) is 5.56 Å². The van der Waals surface area contributed by atoms with Crippen LogP contribution in [0, 0.1) is 5.41 Å². The molecule has 1 aromatic heterocycles. The first kappa shape index (κ1) is 19.2. The summed E-state index contributed by atoms with van der Waals surface area (Å²) in [6.45, 7) is 3.91. The van der Waals surface area contributed by atoms with Gasteiger partial charge in [0.2, 0.25) is 5.88 Å². The first-order valence-corrected chi connectivity index (χ1v) is 7.07. The van der Waals surface area contributed by atoms with Crippen LogP contribution in [0.1, 0.15) is 24.2 Å².